The molecule has 1 atom stereocenters. The summed E-state index contributed by atoms with van der Waals surface area (Å²) in [5.41, 5.74) is 0.560. The van der Waals surface area contributed by atoms with Gasteiger partial charge in [0.25, 0.3) is 0 Å². The van der Waals surface area contributed by atoms with Crippen molar-refractivity contribution in [1.82, 2.24) is 14.9 Å². The van der Waals surface area contributed by atoms with E-state index in [1.165, 1.54) is 12.1 Å². The van der Waals surface area contributed by atoms with Gasteiger partial charge in [0.05, 0.1) is 28.9 Å². The van der Waals surface area contributed by atoms with Gasteiger partial charge < -0.3 is 10.2 Å². The lowest BCUT2D eigenvalue weighted by molar-refractivity contribution is 0.172. The monoisotopic (exact) mass is 404 g/mol. The van der Waals surface area contributed by atoms with Gasteiger partial charge in [0, 0.05) is 22.7 Å². The average molecular weight is 405 g/mol. The van der Waals surface area contributed by atoms with E-state index in [9.17, 15) is 13.4 Å². The van der Waals surface area contributed by atoms with Gasteiger partial charge in [-0.1, -0.05) is 6.07 Å². The maximum atomic E-state index is 13.5. The van der Waals surface area contributed by atoms with Crippen molar-refractivity contribution in [3.8, 4) is 0 Å². The van der Waals surface area contributed by atoms with Gasteiger partial charge in [-0.3, -0.25) is 4.21 Å². The van der Waals surface area contributed by atoms with Crippen molar-refractivity contribution in [3.63, 3.8) is 0 Å². The molecule has 8 heteroatoms. The van der Waals surface area contributed by atoms with Crippen LogP contribution in [0.25, 0.3) is 0 Å². The van der Waals surface area contributed by atoms with Gasteiger partial charge >= 0.3 is 6.03 Å². The smallest absolute Gasteiger partial charge is 0.321 e. The summed E-state index contributed by atoms with van der Waals surface area (Å²) < 4.78 is 26.0. The van der Waals surface area contributed by atoms with E-state index in [1.54, 1.807) is 36.4 Å². The van der Waals surface area contributed by atoms with Crippen LogP contribution in [0, 0.1) is 18.7 Å². The first-order valence-corrected chi connectivity index (χ1v) is 10.4. The molecule has 0 saturated carbocycles. The zero-order chi connectivity index (χ0) is 20.3. The molecular weight excluding hydrogens is 379 g/mol. The van der Waals surface area contributed by atoms with Crippen molar-refractivity contribution in [2.45, 2.75) is 43.3 Å². The van der Waals surface area contributed by atoms with Gasteiger partial charge in [-0.15, -0.1) is 0 Å². The maximum Gasteiger partial charge on any atom is 0.321 e. The fourth-order valence-electron chi connectivity index (χ4n) is 3.47. The van der Waals surface area contributed by atoms with E-state index >= 15 is 0 Å². The lowest BCUT2D eigenvalue weighted by Crippen LogP contribution is -2.47. The van der Waals surface area contributed by atoms with Crippen LogP contribution in [0.3, 0.4) is 0 Å². The molecule has 150 valence electrons. The lowest BCUT2D eigenvalue weighted by atomic mass is 9.86. The van der Waals surface area contributed by atoms with Crippen molar-refractivity contribution in [2.75, 3.05) is 18.4 Å². The van der Waals surface area contributed by atoms with Gasteiger partial charge in [-0.25, -0.2) is 19.2 Å². The highest BCUT2D eigenvalue weighted by molar-refractivity contribution is 7.86. The molecule has 0 bridgehead atoms. The first-order valence-electron chi connectivity index (χ1n) is 9.29. The quantitative estimate of drug-likeness (QED) is 0.842. The van der Waals surface area contributed by atoms with Crippen LogP contribution in [0.15, 0.2) is 41.6 Å². The zero-order valence-electron chi connectivity index (χ0n) is 16.3. The summed E-state index contributed by atoms with van der Waals surface area (Å²) in [5, 5.41) is 2.81. The molecule has 2 heterocycles. The Hall–Kier alpha value is -2.35. The third-order valence-corrected chi connectivity index (χ3v) is 7.26. The topological polar surface area (TPSA) is 75.2 Å². The number of aromatic nitrogens is 2. The van der Waals surface area contributed by atoms with E-state index in [2.05, 4.69) is 15.3 Å². The number of carbonyl (C=O) groups is 1. The normalized spacial score (nSPS) is 16.6. The molecule has 3 rings (SSSR count). The van der Waals surface area contributed by atoms with Gasteiger partial charge in [0.1, 0.15) is 11.6 Å². The molecule has 2 amide bonds. The summed E-state index contributed by atoms with van der Waals surface area (Å²) in [6.45, 7) is 6.85. The van der Waals surface area contributed by atoms with Crippen LogP contribution in [0.4, 0.5) is 14.9 Å². The highest BCUT2D eigenvalue weighted by Crippen LogP contribution is 2.35. The Kier molecular flexibility index (Phi) is 6.07. The van der Waals surface area contributed by atoms with E-state index in [1.807, 2.05) is 13.8 Å². The zero-order valence-corrected chi connectivity index (χ0v) is 17.1. The van der Waals surface area contributed by atoms with E-state index in [4.69, 9.17) is 0 Å². The highest BCUT2D eigenvalue weighted by atomic mass is 32.2. The predicted molar refractivity (Wildman–Crippen MR) is 107 cm³/mol. The van der Waals surface area contributed by atoms with Gasteiger partial charge in [-0.05, 0) is 57.7 Å². The van der Waals surface area contributed by atoms with Crippen LogP contribution < -0.4 is 5.32 Å². The fourth-order valence-corrected chi connectivity index (χ4v) is 5.04. The predicted octanol–water partition coefficient (Wildman–Crippen LogP) is 3.75. The van der Waals surface area contributed by atoms with Crippen LogP contribution in [-0.2, 0) is 10.8 Å². The third-order valence-electron chi connectivity index (χ3n) is 5.29. The first-order chi connectivity index (χ1) is 13.3. The third kappa shape index (κ3) is 4.55. The molecule has 1 aromatic heterocycles. The van der Waals surface area contributed by atoms with Crippen molar-refractivity contribution >= 4 is 22.5 Å². The van der Waals surface area contributed by atoms with Crippen LogP contribution in [0.1, 0.15) is 32.5 Å². The Bertz CT molecular complexity index is 865. The lowest BCUT2D eigenvalue weighted by Gasteiger charge is -2.40. The molecule has 1 N–H and O–H groups in total. The number of amides is 2. The minimum Gasteiger partial charge on any atom is -0.325 e. The summed E-state index contributed by atoms with van der Waals surface area (Å²) >= 11 is 0. The number of anilines is 1. The Morgan fingerprint density at radius 3 is 2.50 bits per heavy atom. The number of nitrogens with zero attached hydrogens (tertiary/aromatic N) is 3. The summed E-state index contributed by atoms with van der Waals surface area (Å²) in [6.07, 6.45) is 4.65. The number of urea groups is 1. The van der Waals surface area contributed by atoms with E-state index in [0.717, 1.165) is 12.8 Å². The number of halogens is 1. The largest absolute Gasteiger partial charge is 0.325 e. The molecule has 1 unspecified atom stereocenters. The Labute approximate surface area is 167 Å². The van der Waals surface area contributed by atoms with Crippen molar-refractivity contribution in [3.05, 3.63) is 48.3 Å². The SMILES string of the molecule is Cc1ncc(NC(=O)N2CCC(C(C)(C)S(=O)c3cccc(F)c3)CC2)cn1. The second kappa shape index (κ2) is 8.34. The molecule has 6 nitrogen and oxygen atoms in total. The summed E-state index contributed by atoms with van der Waals surface area (Å²) in [7, 11) is -1.33. The summed E-state index contributed by atoms with van der Waals surface area (Å²) in [5.74, 6) is 0.434. The molecule has 1 fully saturated rings. The molecule has 1 saturated heterocycles. The number of hydrogen-bond acceptors (Lipinski definition) is 4. The van der Waals surface area contributed by atoms with E-state index in [0.29, 0.717) is 29.5 Å². The second-order valence-corrected chi connectivity index (χ2v) is 9.60. The van der Waals surface area contributed by atoms with Crippen molar-refractivity contribution in [2.24, 2.45) is 5.92 Å². The molecule has 0 spiro atoms. The number of rotatable bonds is 4. The summed E-state index contributed by atoms with van der Waals surface area (Å²) in [4.78, 5) is 22.9. The molecule has 2 aromatic rings. The molecular formula is C20H25FN4O2S. The Morgan fingerprint density at radius 1 is 1.25 bits per heavy atom. The van der Waals surface area contributed by atoms with Crippen LogP contribution in [0.2, 0.25) is 0 Å². The molecule has 28 heavy (non-hydrogen) atoms. The number of hydrogen-bond donors (Lipinski definition) is 1. The number of benzene rings is 1. The number of piperidine rings is 1. The van der Waals surface area contributed by atoms with Gasteiger partial charge in [-0.2, -0.15) is 0 Å². The molecule has 1 aliphatic rings. The minimum atomic E-state index is -1.33. The average Bonchev–Trinajstić information content (AvgIpc) is 2.69. The number of likely N-dealkylation sites (tertiary alicyclic amines) is 1. The Balaban J connectivity index is 1.60. The summed E-state index contributed by atoms with van der Waals surface area (Å²) in [6, 6.07) is 5.79. The van der Waals surface area contributed by atoms with Gasteiger partial charge in [0.15, 0.2) is 0 Å². The number of carbonyl (C=O) groups excluding carboxylic acids is 1. The van der Waals surface area contributed by atoms with E-state index in [-0.39, 0.29) is 17.8 Å². The highest BCUT2D eigenvalue weighted by Gasteiger charge is 2.38. The van der Waals surface area contributed by atoms with Crippen LogP contribution >= 0.6 is 0 Å². The minimum absolute atomic E-state index is 0.170. The second-order valence-electron chi connectivity index (χ2n) is 7.54. The first kappa shape index (κ1) is 20.4. The maximum absolute atomic E-state index is 13.5. The molecule has 1 aliphatic heterocycles. The van der Waals surface area contributed by atoms with Crippen LogP contribution in [0.5, 0.6) is 0 Å². The van der Waals surface area contributed by atoms with Gasteiger partial charge in [0.2, 0.25) is 0 Å². The Morgan fingerprint density at radius 2 is 1.89 bits per heavy atom. The van der Waals surface area contributed by atoms with Crippen molar-refractivity contribution < 1.29 is 13.4 Å². The number of nitrogens with one attached hydrogen (secondary N) is 1. The molecule has 0 radical (unpaired) electrons. The standard InChI is InChI=1S/C20H25FN4O2S/c1-14-22-12-17(13-23-14)24-19(26)25-9-7-15(8-10-25)20(2,3)28(27)18-6-4-5-16(21)11-18/h4-6,11-13,15H,7-10H2,1-3H3,(H,24,26). The van der Waals surface area contributed by atoms with Crippen LogP contribution in [-0.4, -0.2) is 42.9 Å². The number of aryl methyl sites for hydroxylation is 1. The molecule has 0 aliphatic carbocycles. The van der Waals surface area contributed by atoms with E-state index < -0.39 is 15.5 Å². The fraction of sp³-hybridized carbons (Fsp3) is 0.450. The van der Waals surface area contributed by atoms with Crippen molar-refractivity contribution in [1.29, 1.82) is 0 Å². The molecule has 1 aromatic carbocycles.